The number of hydrogen-bond donors (Lipinski definition) is 3. The highest BCUT2D eigenvalue weighted by Gasteiger charge is 2.47. The van der Waals surface area contributed by atoms with Crippen LogP contribution in [0.4, 0.5) is 0 Å². The van der Waals surface area contributed by atoms with Crippen LogP contribution in [0.15, 0.2) is 54.6 Å². The van der Waals surface area contributed by atoms with E-state index in [0.29, 0.717) is 21.8 Å². The molecule has 0 saturated carbocycles. The number of carbonyl (C=O) groups is 2. The summed E-state index contributed by atoms with van der Waals surface area (Å²) < 4.78 is 5.63. The second-order valence-corrected chi connectivity index (χ2v) is 7.58. The van der Waals surface area contributed by atoms with E-state index in [4.69, 9.17) is 10.00 Å². The van der Waals surface area contributed by atoms with Crippen molar-refractivity contribution in [3.8, 4) is 6.07 Å². The topological polar surface area (TPSA) is 123 Å². The Hall–Kier alpha value is -3.25. The molecule has 2 aromatic rings. The molecule has 0 bridgehead atoms. The Morgan fingerprint density at radius 2 is 1.93 bits per heavy atom. The Balaban J connectivity index is 1.58. The summed E-state index contributed by atoms with van der Waals surface area (Å²) >= 11 is 0. The van der Waals surface area contributed by atoms with Crippen LogP contribution in [-0.2, 0) is 4.74 Å². The number of aliphatic hydroxyl groups excluding tert-OH is 1. The molecule has 1 fully saturated rings. The quantitative estimate of drug-likeness (QED) is 0.492. The number of benzene rings is 2. The van der Waals surface area contributed by atoms with E-state index in [1.807, 2.05) is 6.07 Å². The third-order valence-corrected chi connectivity index (χ3v) is 5.18. The Morgan fingerprint density at radius 3 is 2.63 bits per heavy atom. The van der Waals surface area contributed by atoms with Gasteiger partial charge in [-0.15, -0.1) is 0 Å². The molecule has 1 aliphatic heterocycles. The predicted octanol–water partition coefficient (Wildman–Crippen LogP) is 1.59. The molecular weight excluding hydrogens is 386 g/mol. The molecule has 3 atom stereocenters. The lowest BCUT2D eigenvalue weighted by Crippen LogP contribution is -2.47. The van der Waals surface area contributed by atoms with Crippen molar-refractivity contribution in [2.24, 2.45) is 5.41 Å². The second kappa shape index (κ2) is 9.05. The average Bonchev–Trinajstić information content (AvgIpc) is 3.05. The van der Waals surface area contributed by atoms with Crippen molar-refractivity contribution >= 4 is 11.8 Å². The van der Waals surface area contributed by atoms with Gasteiger partial charge in [0.25, 0.3) is 11.8 Å². The van der Waals surface area contributed by atoms with Gasteiger partial charge in [-0.2, -0.15) is 5.26 Å². The van der Waals surface area contributed by atoms with E-state index in [1.54, 1.807) is 55.5 Å². The smallest absolute Gasteiger partial charge is 0.277 e. The minimum Gasteiger partial charge on any atom is -0.390 e. The fraction of sp³-hybridized carbons (Fsp3) is 0.318. The van der Waals surface area contributed by atoms with Gasteiger partial charge < -0.3 is 15.2 Å². The van der Waals surface area contributed by atoms with Crippen LogP contribution in [0.2, 0.25) is 0 Å². The van der Waals surface area contributed by atoms with Gasteiger partial charge in [0, 0.05) is 23.1 Å². The zero-order valence-corrected chi connectivity index (χ0v) is 16.5. The first-order valence-electron chi connectivity index (χ1n) is 9.48. The number of nitriles is 1. The number of hydroxylamine groups is 2. The summed E-state index contributed by atoms with van der Waals surface area (Å²) in [6.45, 7) is 1.73. The third kappa shape index (κ3) is 4.66. The number of carbonyl (C=O) groups excluding carboxylic acids is 2. The Kier molecular flexibility index (Phi) is 6.47. The number of aliphatic hydroxyl groups is 1. The number of nitrogens with one attached hydrogen (secondary N) is 1. The van der Waals surface area contributed by atoms with Crippen LogP contribution in [0.5, 0.6) is 0 Å². The normalized spacial score (nSPS) is 22.9. The number of ether oxygens (including phenoxy) is 1. The fourth-order valence-corrected chi connectivity index (χ4v) is 3.40. The lowest BCUT2D eigenvalue weighted by atomic mass is 9.84. The van der Waals surface area contributed by atoms with Gasteiger partial charge in [0.1, 0.15) is 6.10 Å². The summed E-state index contributed by atoms with van der Waals surface area (Å²) in [5.74, 6) is -0.960. The van der Waals surface area contributed by atoms with E-state index >= 15 is 0 Å². The third-order valence-electron chi connectivity index (χ3n) is 5.18. The van der Waals surface area contributed by atoms with Crippen LogP contribution in [0.1, 0.15) is 33.2 Å². The van der Waals surface area contributed by atoms with Crippen LogP contribution >= 0.6 is 0 Å². The SMILES string of the molecule is C[C@@]1(CN(O)C(=O)c2ccccc2)CO[C@H](CNC(=O)c2cccc(C#N)c2)[C@H]1O. The highest BCUT2D eigenvalue weighted by Crippen LogP contribution is 2.33. The van der Waals surface area contributed by atoms with Crippen molar-refractivity contribution in [1.29, 1.82) is 5.26 Å². The van der Waals surface area contributed by atoms with E-state index in [9.17, 15) is 19.9 Å². The molecule has 1 saturated heterocycles. The fourth-order valence-electron chi connectivity index (χ4n) is 3.40. The summed E-state index contributed by atoms with van der Waals surface area (Å²) in [6, 6.07) is 16.6. The monoisotopic (exact) mass is 409 g/mol. The molecule has 0 unspecified atom stereocenters. The molecule has 1 aliphatic rings. The van der Waals surface area contributed by atoms with Crippen LogP contribution in [0.25, 0.3) is 0 Å². The summed E-state index contributed by atoms with van der Waals surface area (Å²) in [7, 11) is 0. The summed E-state index contributed by atoms with van der Waals surface area (Å²) in [5.41, 5.74) is 0.133. The molecule has 2 aromatic carbocycles. The molecule has 1 heterocycles. The largest absolute Gasteiger partial charge is 0.390 e. The molecule has 8 heteroatoms. The molecule has 3 rings (SSSR count). The van der Waals surface area contributed by atoms with Gasteiger partial charge in [-0.25, -0.2) is 5.06 Å². The van der Waals surface area contributed by atoms with Crippen LogP contribution < -0.4 is 5.32 Å². The van der Waals surface area contributed by atoms with Gasteiger partial charge in [-0.05, 0) is 30.3 Å². The van der Waals surface area contributed by atoms with Crippen molar-refractivity contribution in [2.45, 2.75) is 19.1 Å². The van der Waals surface area contributed by atoms with Crippen molar-refractivity contribution in [3.63, 3.8) is 0 Å². The summed E-state index contributed by atoms with van der Waals surface area (Å²) in [4.78, 5) is 24.7. The number of amides is 2. The first-order chi connectivity index (χ1) is 14.3. The van der Waals surface area contributed by atoms with Gasteiger partial charge in [0.2, 0.25) is 0 Å². The van der Waals surface area contributed by atoms with E-state index in [2.05, 4.69) is 5.32 Å². The lowest BCUT2D eigenvalue weighted by Gasteiger charge is -2.31. The van der Waals surface area contributed by atoms with Gasteiger partial charge >= 0.3 is 0 Å². The average molecular weight is 409 g/mol. The van der Waals surface area contributed by atoms with Crippen molar-refractivity contribution in [1.82, 2.24) is 10.4 Å². The van der Waals surface area contributed by atoms with Gasteiger partial charge in [0.15, 0.2) is 0 Å². The minimum absolute atomic E-state index is 0.0461. The van der Waals surface area contributed by atoms with Gasteiger partial charge in [-0.3, -0.25) is 14.8 Å². The van der Waals surface area contributed by atoms with E-state index in [-0.39, 0.29) is 25.6 Å². The highest BCUT2D eigenvalue weighted by atomic mass is 16.5. The lowest BCUT2D eigenvalue weighted by molar-refractivity contribution is -0.0940. The number of rotatable bonds is 6. The summed E-state index contributed by atoms with van der Waals surface area (Å²) in [5, 5.41) is 33.1. The minimum atomic E-state index is -1.01. The van der Waals surface area contributed by atoms with Crippen molar-refractivity contribution < 1.29 is 24.6 Å². The summed E-state index contributed by atoms with van der Waals surface area (Å²) in [6.07, 6.45) is -1.71. The van der Waals surface area contributed by atoms with E-state index in [1.165, 1.54) is 6.07 Å². The molecular formula is C22H23N3O5. The molecule has 8 nitrogen and oxygen atoms in total. The van der Waals surface area contributed by atoms with E-state index in [0.717, 1.165) is 0 Å². The first-order valence-corrected chi connectivity index (χ1v) is 9.48. The predicted molar refractivity (Wildman–Crippen MR) is 107 cm³/mol. The van der Waals surface area contributed by atoms with Gasteiger partial charge in [-0.1, -0.05) is 31.2 Å². The molecule has 0 spiro atoms. The maximum Gasteiger partial charge on any atom is 0.277 e. The zero-order chi connectivity index (χ0) is 21.7. The Labute approximate surface area is 174 Å². The first kappa shape index (κ1) is 21.5. The van der Waals surface area contributed by atoms with Crippen molar-refractivity contribution in [2.75, 3.05) is 19.7 Å². The van der Waals surface area contributed by atoms with E-state index < -0.39 is 23.5 Å². The second-order valence-electron chi connectivity index (χ2n) is 7.58. The molecule has 2 amide bonds. The molecule has 3 N–H and O–H groups in total. The highest BCUT2D eigenvalue weighted by molar-refractivity contribution is 5.94. The Morgan fingerprint density at radius 1 is 1.23 bits per heavy atom. The van der Waals surface area contributed by atoms with Crippen LogP contribution in [-0.4, -0.2) is 59.1 Å². The Bertz CT molecular complexity index is 959. The molecule has 0 aromatic heterocycles. The molecule has 0 aliphatic carbocycles. The van der Waals surface area contributed by atoms with Gasteiger partial charge in [0.05, 0.1) is 30.9 Å². The maximum absolute atomic E-state index is 12.4. The molecule has 0 radical (unpaired) electrons. The maximum atomic E-state index is 12.4. The molecule has 30 heavy (non-hydrogen) atoms. The number of nitrogens with zero attached hydrogens (tertiary/aromatic N) is 2. The number of hydrogen-bond acceptors (Lipinski definition) is 6. The zero-order valence-electron chi connectivity index (χ0n) is 16.5. The van der Waals surface area contributed by atoms with Crippen LogP contribution in [0, 0.1) is 16.7 Å². The van der Waals surface area contributed by atoms with Crippen LogP contribution in [0.3, 0.4) is 0 Å². The molecule has 156 valence electrons. The standard InChI is InChI=1S/C22H23N3O5/c1-22(13-25(29)21(28)16-7-3-2-4-8-16)14-30-18(19(22)26)12-24-20(27)17-9-5-6-15(10-17)11-23/h2-10,18-19,26,29H,12-14H2,1H3,(H,24,27)/t18-,19-,22-/m1/s1. The van der Waals surface area contributed by atoms with Crippen molar-refractivity contribution in [3.05, 3.63) is 71.3 Å².